The van der Waals surface area contributed by atoms with Gasteiger partial charge in [0.25, 0.3) is 5.91 Å². The number of para-hydroxylation sites is 1. The summed E-state index contributed by atoms with van der Waals surface area (Å²) in [5.74, 6) is 0.779. The standard InChI is InChI=1S/C18H21N3O2S/c22-15-12-21(13-6-2-1-3-7-13)19-17(15)18(23)20-10-11-24-16-9-5-4-8-14(16)20/h1-3,6-7,12,14,16,22H,4-5,8-11H2/t14-,16-/m1/s1. The van der Waals surface area contributed by atoms with Crippen molar-refractivity contribution in [2.45, 2.75) is 37.0 Å². The number of amides is 1. The first-order valence-electron chi connectivity index (χ1n) is 8.50. The molecule has 1 aromatic heterocycles. The fourth-order valence-corrected chi connectivity index (χ4v) is 5.16. The maximum Gasteiger partial charge on any atom is 0.278 e. The summed E-state index contributed by atoms with van der Waals surface area (Å²) >= 11 is 1.99. The van der Waals surface area contributed by atoms with Crippen LogP contribution in [0.25, 0.3) is 5.69 Å². The molecule has 6 heteroatoms. The minimum Gasteiger partial charge on any atom is -0.504 e. The Morgan fingerprint density at radius 3 is 2.83 bits per heavy atom. The molecule has 1 aliphatic carbocycles. The molecule has 0 spiro atoms. The second-order valence-corrected chi connectivity index (χ2v) is 7.75. The van der Waals surface area contributed by atoms with Gasteiger partial charge in [-0.1, -0.05) is 31.0 Å². The van der Waals surface area contributed by atoms with Crippen LogP contribution in [0.5, 0.6) is 5.75 Å². The lowest BCUT2D eigenvalue weighted by Gasteiger charge is -2.43. The summed E-state index contributed by atoms with van der Waals surface area (Å²) in [6, 6.07) is 9.82. The van der Waals surface area contributed by atoms with Gasteiger partial charge in [-0.05, 0) is 25.0 Å². The van der Waals surface area contributed by atoms with Crippen LogP contribution in [-0.4, -0.2) is 49.3 Å². The molecule has 1 saturated heterocycles. The molecule has 1 amide bonds. The van der Waals surface area contributed by atoms with Crippen LogP contribution in [-0.2, 0) is 0 Å². The summed E-state index contributed by atoms with van der Waals surface area (Å²) in [7, 11) is 0. The topological polar surface area (TPSA) is 58.4 Å². The van der Waals surface area contributed by atoms with Crippen LogP contribution in [0.2, 0.25) is 0 Å². The van der Waals surface area contributed by atoms with Crippen molar-refractivity contribution in [1.29, 1.82) is 0 Å². The first-order chi connectivity index (χ1) is 11.7. The van der Waals surface area contributed by atoms with Crippen molar-refractivity contribution < 1.29 is 9.90 Å². The molecule has 2 atom stereocenters. The molecule has 2 aliphatic rings. The van der Waals surface area contributed by atoms with Crippen molar-refractivity contribution in [2.24, 2.45) is 0 Å². The van der Waals surface area contributed by atoms with Crippen LogP contribution in [0.1, 0.15) is 36.2 Å². The number of hydrogen-bond donors (Lipinski definition) is 1. The molecule has 2 heterocycles. The average Bonchev–Trinajstić information content (AvgIpc) is 3.03. The fraction of sp³-hybridized carbons (Fsp3) is 0.444. The predicted octanol–water partition coefficient (Wildman–Crippen LogP) is 3.08. The zero-order chi connectivity index (χ0) is 16.5. The maximum atomic E-state index is 13.0. The zero-order valence-electron chi connectivity index (χ0n) is 13.5. The predicted molar refractivity (Wildman–Crippen MR) is 94.8 cm³/mol. The molecule has 24 heavy (non-hydrogen) atoms. The lowest BCUT2D eigenvalue weighted by atomic mass is 9.93. The summed E-state index contributed by atoms with van der Waals surface area (Å²) < 4.78 is 1.57. The Balaban J connectivity index is 1.61. The average molecular weight is 343 g/mol. The molecule has 1 aliphatic heterocycles. The summed E-state index contributed by atoms with van der Waals surface area (Å²) in [6.07, 6.45) is 6.19. The van der Waals surface area contributed by atoms with E-state index in [9.17, 15) is 9.90 Å². The van der Waals surface area contributed by atoms with Crippen molar-refractivity contribution in [1.82, 2.24) is 14.7 Å². The Morgan fingerprint density at radius 2 is 2.00 bits per heavy atom. The molecule has 126 valence electrons. The Kier molecular flexibility index (Phi) is 4.22. The molecule has 0 unspecified atom stereocenters. The van der Waals surface area contributed by atoms with Gasteiger partial charge in [-0.25, -0.2) is 4.68 Å². The van der Waals surface area contributed by atoms with E-state index in [1.165, 1.54) is 25.5 Å². The molecule has 1 saturated carbocycles. The van der Waals surface area contributed by atoms with Gasteiger partial charge >= 0.3 is 0 Å². The largest absolute Gasteiger partial charge is 0.504 e. The number of carbonyl (C=O) groups is 1. The van der Waals surface area contributed by atoms with Gasteiger partial charge in [0.1, 0.15) is 0 Å². The minimum absolute atomic E-state index is 0.0468. The van der Waals surface area contributed by atoms with Gasteiger partial charge in [-0.2, -0.15) is 16.9 Å². The molecule has 0 bridgehead atoms. The molecular weight excluding hydrogens is 322 g/mol. The Morgan fingerprint density at radius 1 is 1.21 bits per heavy atom. The SMILES string of the molecule is O=C(c1nn(-c2ccccc2)cc1O)N1CCS[C@@H]2CCCC[C@H]21. The maximum absolute atomic E-state index is 13.0. The summed E-state index contributed by atoms with van der Waals surface area (Å²) in [5.41, 5.74) is 0.992. The Hall–Kier alpha value is -1.95. The number of rotatable bonds is 2. The first-order valence-corrected chi connectivity index (χ1v) is 9.55. The fourth-order valence-electron chi connectivity index (χ4n) is 3.71. The van der Waals surface area contributed by atoms with Crippen LogP contribution >= 0.6 is 11.8 Å². The van der Waals surface area contributed by atoms with Gasteiger partial charge in [0, 0.05) is 23.6 Å². The molecule has 1 N–H and O–H groups in total. The molecule has 2 aromatic rings. The highest BCUT2D eigenvalue weighted by Crippen LogP contribution is 2.36. The number of hydrogen-bond acceptors (Lipinski definition) is 4. The van der Waals surface area contributed by atoms with Gasteiger partial charge < -0.3 is 10.0 Å². The third kappa shape index (κ3) is 2.79. The van der Waals surface area contributed by atoms with Crippen LogP contribution in [0.3, 0.4) is 0 Å². The van der Waals surface area contributed by atoms with E-state index in [4.69, 9.17) is 0 Å². The number of nitrogens with zero attached hydrogens (tertiary/aromatic N) is 3. The second kappa shape index (κ2) is 6.51. The summed E-state index contributed by atoms with van der Waals surface area (Å²) in [4.78, 5) is 14.9. The normalized spacial score (nSPS) is 23.8. The summed E-state index contributed by atoms with van der Waals surface area (Å²) in [6.45, 7) is 0.738. The van der Waals surface area contributed by atoms with Crippen LogP contribution in [0.15, 0.2) is 36.5 Å². The smallest absolute Gasteiger partial charge is 0.278 e. The van der Waals surface area contributed by atoms with Gasteiger partial charge in [-0.3, -0.25) is 4.79 Å². The van der Waals surface area contributed by atoms with Crippen LogP contribution in [0, 0.1) is 0 Å². The van der Waals surface area contributed by atoms with E-state index in [1.807, 2.05) is 47.0 Å². The van der Waals surface area contributed by atoms with Gasteiger partial charge in [0.2, 0.25) is 0 Å². The number of aromatic nitrogens is 2. The van der Waals surface area contributed by atoms with Gasteiger partial charge in [0.05, 0.1) is 11.9 Å². The highest BCUT2D eigenvalue weighted by atomic mass is 32.2. The van der Waals surface area contributed by atoms with Gasteiger partial charge in [-0.15, -0.1) is 0 Å². The number of benzene rings is 1. The number of carbonyl (C=O) groups excluding carboxylic acids is 1. The monoisotopic (exact) mass is 343 g/mol. The van der Waals surface area contributed by atoms with Crippen LogP contribution < -0.4 is 0 Å². The first kappa shape index (κ1) is 15.6. The lowest BCUT2D eigenvalue weighted by molar-refractivity contribution is 0.0637. The zero-order valence-corrected chi connectivity index (χ0v) is 14.3. The minimum atomic E-state index is -0.139. The molecule has 1 aromatic carbocycles. The molecular formula is C18H21N3O2S. The number of thioether (sulfide) groups is 1. The third-order valence-corrected chi connectivity index (χ3v) is 6.31. The van der Waals surface area contributed by atoms with E-state index in [-0.39, 0.29) is 23.4 Å². The van der Waals surface area contributed by atoms with E-state index in [0.717, 1.165) is 24.4 Å². The van der Waals surface area contributed by atoms with E-state index in [0.29, 0.717) is 5.25 Å². The molecule has 0 radical (unpaired) electrons. The van der Waals surface area contributed by atoms with Crippen molar-refractivity contribution in [3.8, 4) is 11.4 Å². The molecule has 5 nitrogen and oxygen atoms in total. The Bertz CT molecular complexity index is 729. The van der Waals surface area contributed by atoms with Crippen LogP contribution in [0.4, 0.5) is 0 Å². The quantitative estimate of drug-likeness (QED) is 0.910. The number of fused-ring (bicyclic) bond motifs is 1. The summed E-state index contributed by atoms with van der Waals surface area (Å²) in [5, 5.41) is 15.2. The van der Waals surface area contributed by atoms with E-state index in [2.05, 4.69) is 5.10 Å². The van der Waals surface area contributed by atoms with Crippen molar-refractivity contribution in [2.75, 3.05) is 12.3 Å². The van der Waals surface area contributed by atoms with Crippen molar-refractivity contribution >= 4 is 17.7 Å². The van der Waals surface area contributed by atoms with E-state index >= 15 is 0 Å². The second-order valence-electron chi connectivity index (χ2n) is 6.40. The lowest BCUT2D eigenvalue weighted by Crippen LogP contribution is -2.51. The third-order valence-electron chi connectivity index (χ3n) is 4.91. The highest BCUT2D eigenvalue weighted by Gasteiger charge is 2.38. The van der Waals surface area contributed by atoms with E-state index in [1.54, 1.807) is 4.68 Å². The molecule has 2 fully saturated rings. The van der Waals surface area contributed by atoms with Crippen molar-refractivity contribution in [3.63, 3.8) is 0 Å². The molecule has 4 rings (SSSR count). The van der Waals surface area contributed by atoms with Gasteiger partial charge in [0.15, 0.2) is 11.4 Å². The van der Waals surface area contributed by atoms with E-state index < -0.39 is 0 Å². The Labute approximate surface area is 145 Å². The van der Waals surface area contributed by atoms with Crippen molar-refractivity contribution in [3.05, 3.63) is 42.2 Å². The number of aromatic hydroxyl groups is 1. The highest BCUT2D eigenvalue weighted by molar-refractivity contribution is 8.00.